The second kappa shape index (κ2) is 12.7. The number of rotatable bonds is 8. The molecule has 2 N–H and O–H groups in total. The van der Waals surface area contributed by atoms with Crippen LogP contribution in [0.15, 0.2) is 78.9 Å². The summed E-state index contributed by atoms with van der Waals surface area (Å²) in [7, 11) is 0. The maximum Gasteiger partial charge on any atom is 0.278 e. The molecule has 3 aliphatic heterocycles. The van der Waals surface area contributed by atoms with Gasteiger partial charge in [0.15, 0.2) is 11.5 Å². The molecule has 1 amide bonds. The minimum absolute atomic E-state index is 0.111. The Kier molecular flexibility index (Phi) is 7.98. The second-order valence-corrected chi connectivity index (χ2v) is 13.9. The highest BCUT2D eigenvalue weighted by molar-refractivity contribution is 6.30. The number of ether oxygens (including phenoxy) is 3. The number of hydrogen-bond acceptors (Lipinski definition) is 7. The molecule has 5 heterocycles. The maximum atomic E-state index is 14.9. The van der Waals surface area contributed by atoms with Gasteiger partial charge in [-0.05, 0) is 79.1 Å². The van der Waals surface area contributed by atoms with Crippen LogP contribution in [0.25, 0.3) is 27.5 Å². The summed E-state index contributed by atoms with van der Waals surface area (Å²) in [6, 6.07) is 20.7. The number of halogens is 3. The van der Waals surface area contributed by atoms with Crippen molar-refractivity contribution in [3.63, 3.8) is 0 Å². The lowest BCUT2D eigenvalue weighted by atomic mass is 9.98. The predicted molar refractivity (Wildman–Crippen MR) is 192 cm³/mol. The fourth-order valence-electron chi connectivity index (χ4n) is 7.19. The Morgan fingerprint density at radius 1 is 1.10 bits per heavy atom. The zero-order chi connectivity index (χ0) is 35.6. The van der Waals surface area contributed by atoms with Gasteiger partial charge in [-0.25, -0.2) is 9.37 Å². The molecule has 0 bridgehead atoms. The van der Waals surface area contributed by atoms with Gasteiger partial charge >= 0.3 is 0 Å². The van der Waals surface area contributed by atoms with Crippen molar-refractivity contribution in [2.24, 2.45) is 0 Å². The summed E-state index contributed by atoms with van der Waals surface area (Å²) in [6.07, 6.45) is 4.04. The summed E-state index contributed by atoms with van der Waals surface area (Å²) >= 11 is 6.00. The van der Waals surface area contributed by atoms with Crippen LogP contribution in [0.2, 0.25) is 5.02 Å². The van der Waals surface area contributed by atoms with E-state index in [0.29, 0.717) is 63.8 Å². The minimum Gasteiger partial charge on any atom is -0.444 e. The summed E-state index contributed by atoms with van der Waals surface area (Å²) < 4.78 is 49.5. The number of H-pyrrole nitrogens is 1. The molecule has 1 saturated heterocycles. The van der Waals surface area contributed by atoms with Crippen molar-refractivity contribution in [3.05, 3.63) is 118 Å². The molecule has 1 fully saturated rings. The second-order valence-electron chi connectivity index (χ2n) is 13.5. The fraction of sp³-hybridized carbons (Fsp3) is 0.256. The van der Waals surface area contributed by atoms with Gasteiger partial charge in [0.1, 0.15) is 11.6 Å². The van der Waals surface area contributed by atoms with E-state index in [2.05, 4.69) is 31.1 Å². The highest BCUT2D eigenvalue weighted by atomic mass is 35.5. The number of para-hydroxylation sites is 1. The molecule has 2 unspecified atom stereocenters. The number of anilines is 1. The highest BCUT2D eigenvalue weighted by Gasteiger charge is 2.42. The lowest BCUT2D eigenvalue weighted by Crippen LogP contribution is -2.33. The lowest BCUT2D eigenvalue weighted by molar-refractivity contribution is -0.0708. The molecule has 4 aromatic carbocycles. The van der Waals surface area contributed by atoms with Crippen molar-refractivity contribution in [1.29, 1.82) is 0 Å². The number of nitrogens with one attached hydrogen (secondary N) is 2. The third kappa shape index (κ3) is 5.86. The molecule has 52 heavy (non-hydrogen) atoms. The number of carbonyl (C=O) groups excluding carboxylic acids is 1. The first-order chi connectivity index (χ1) is 25.2. The molecule has 0 saturated carbocycles. The molecule has 3 aliphatic rings. The molecule has 264 valence electrons. The smallest absolute Gasteiger partial charge is 0.278 e. The molecular formula is C39H33ClF2N6O4. The van der Waals surface area contributed by atoms with Crippen LogP contribution in [0.1, 0.15) is 47.1 Å². The molecule has 6 aromatic rings. The van der Waals surface area contributed by atoms with Crippen LogP contribution in [-0.2, 0) is 23.6 Å². The van der Waals surface area contributed by atoms with Crippen LogP contribution in [0.4, 0.5) is 14.5 Å². The highest BCUT2D eigenvalue weighted by Crippen LogP contribution is 2.49. The fourth-order valence-corrected chi connectivity index (χ4v) is 7.35. The molecule has 13 heteroatoms. The van der Waals surface area contributed by atoms with Crippen molar-refractivity contribution in [2.75, 3.05) is 25.0 Å². The van der Waals surface area contributed by atoms with Gasteiger partial charge in [-0.3, -0.25) is 14.8 Å². The third-order valence-electron chi connectivity index (χ3n) is 10.0. The van der Waals surface area contributed by atoms with E-state index in [9.17, 15) is 13.6 Å². The largest absolute Gasteiger partial charge is 0.444 e. The number of aromatic nitrogens is 4. The molecular weight excluding hydrogens is 690 g/mol. The van der Waals surface area contributed by atoms with E-state index in [4.69, 9.17) is 30.8 Å². The first-order valence-electron chi connectivity index (χ1n) is 17.1. The monoisotopic (exact) mass is 722 g/mol. The van der Waals surface area contributed by atoms with E-state index in [-0.39, 0.29) is 17.6 Å². The zero-order valence-corrected chi connectivity index (χ0v) is 28.8. The quantitative estimate of drug-likeness (QED) is 0.165. The van der Waals surface area contributed by atoms with E-state index in [0.717, 1.165) is 48.5 Å². The summed E-state index contributed by atoms with van der Waals surface area (Å²) in [6.45, 7) is 5.18. The van der Waals surface area contributed by atoms with E-state index in [1.165, 1.54) is 6.07 Å². The number of fused-ring (bicyclic) bond motifs is 3. The Bertz CT molecular complexity index is 2420. The van der Waals surface area contributed by atoms with E-state index >= 15 is 0 Å². The number of nitrogens with zero attached hydrogens (tertiary/aromatic N) is 4. The standard InChI is InChI=1S/C39H33ClF2N6O4/c1-39(29-8-6-24(40)18-30(29)41)51-34-4-2-3-27(36(34)52-39)22-11-14-47(15-12-22)21-35-44-32-17-23(5-10-33(32)48(35)20-26-13-16-50-26)38(49)43-25-7-9-31-28(19-25)37(42)46-45-31/h2-11,17-19,26H,12-16,20-21H2,1H3,(H,43,49)(H,45,46). The van der Waals surface area contributed by atoms with E-state index in [1.807, 2.05) is 24.3 Å². The SMILES string of the molecule is CC1(c2ccc(Cl)cc2F)Oc2cccc(C3=CCN(Cc4nc5cc(C(=O)Nc6ccc7[nH]nc(F)c7c6)ccc5n4CC4CCO4)CC3)c2O1. The normalized spacial score (nSPS) is 19.9. The molecule has 0 aliphatic carbocycles. The average Bonchev–Trinajstić information content (AvgIpc) is 3.78. The summed E-state index contributed by atoms with van der Waals surface area (Å²) in [4.78, 5) is 20.6. The van der Waals surface area contributed by atoms with Crippen molar-refractivity contribution in [2.45, 2.75) is 44.7 Å². The predicted octanol–water partition coefficient (Wildman–Crippen LogP) is 7.82. The van der Waals surface area contributed by atoms with Gasteiger partial charge in [-0.2, -0.15) is 4.39 Å². The Morgan fingerprint density at radius 2 is 1.98 bits per heavy atom. The van der Waals surface area contributed by atoms with Crippen molar-refractivity contribution in [1.82, 2.24) is 24.6 Å². The van der Waals surface area contributed by atoms with Gasteiger partial charge in [0.05, 0.1) is 46.7 Å². The van der Waals surface area contributed by atoms with Crippen LogP contribution >= 0.6 is 11.6 Å². The van der Waals surface area contributed by atoms with E-state index < -0.39 is 17.6 Å². The van der Waals surface area contributed by atoms with Gasteiger partial charge in [0.2, 0.25) is 5.95 Å². The van der Waals surface area contributed by atoms with Crippen molar-refractivity contribution in [3.8, 4) is 11.5 Å². The first kappa shape index (κ1) is 32.6. The van der Waals surface area contributed by atoms with Gasteiger partial charge < -0.3 is 24.1 Å². The summed E-state index contributed by atoms with van der Waals surface area (Å²) in [5, 5.41) is 9.68. The third-order valence-corrected chi connectivity index (χ3v) is 10.3. The topological polar surface area (TPSA) is 107 Å². The molecule has 0 radical (unpaired) electrons. The Morgan fingerprint density at radius 3 is 2.77 bits per heavy atom. The number of benzene rings is 4. The van der Waals surface area contributed by atoms with Crippen LogP contribution in [0, 0.1) is 11.8 Å². The van der Waals surface area contributed by atoms with Crippen LogP contribution in [-0.4, -0.2) is 56.4 Å². The minimum atomic E-state index is -1.33. The Labute approximate surface area is 301 Å². The number of aromatic amines is 1. The number of amides is 1. The van der Waals surface area contributed by atoms with Crippen LogP contribution < -0.4 is 14.8 Å². The van der Waals surface area contributed by atoms with Crippen molar-refractivity contribution >= 4 is 50.7 Å². The van der Waals surface area contributed by atoms with E-state index in [1.54, 1.807) is 49.4 Å². The molecule has 10 nitrogen and oxygen atoms in total. The maximum absolute atomic E-state index is 14.9. The molecule has 2 aromatic heterocycles. The molecule has 0 spiro atoms. The number of imidazole rings is 1. The summed E-state index contributed by atoms with van der Waals surface area (Å²) in [5.74, 6) is -0.721. The van der Waals surface area contributed by atoms with Gasteiger partial charge in [0, 0.05) is 48.5 Å². The molecule has 9 rings (SSSR count). The average molecular weight is 723 g/mol. The number of hydrogen-bond donors (Lipinski definition) is 2. The Balaban J connectivity index is 0.938. The van der Waals surface area contributed by atoms with Gasteiger partial charge in [-0.1, -0.05) is 29.8 Å². The van der Waals surface area contributed by atoms with Crippen LogP contribution in [0.5, 0.6) is 11.5 Å². The van der Waals surface area contributed by atoms with Crippen molar-refractivity contribution < 1.29 is 27.8 Å². The van der Waals surface area contributed by atoms with Gasteiger partial charge in [0.25, 0.3) is 11.7 Å². The lowest BCUT2D eigenvalue weighted by Gasteiger charge is -2.29. The Hall–Kier alpha value is -5.30. The summed E-state index contributed by atoms with van der Waals surface area (Å²) in [5.41, 5.74) is 5.41. The first-order valence-corrected chi connectivity index (χ1v) is 17.5. The number of carbonyl (C=O) groups is 1. The van der Waals surface area contributed by atoms with Crippen LogP contribution in [0.3, 0.4) is 0 Å². The zero-order valence-electron chi connectivity index (χ0n) is 28.1. The van der Waals surface area contributed by atoms with Gasteiger partial charge in [-0.15, -0.1) is 5.10 Å². The molecule has 2 atom stereocenters.